The third-order valence-corrected chi connectivity index (χ3v) is 2.72. The summed E-state index contributed by atoms with van der Waals surface area (Å²) in [5.74, 6) is 0.0966. The van der Waals surface area contributed by atoms with Gasteiger partial charge in [-0.3, -0.25) is 4.79 Å². The van der Waals surface area contributed by atoms with Crippen molar-refractivity contribution < 1.29 is 4.79 Å². The first-order valence-corrected chi connectivity index (χ1v) is 6.03. The summed E-state index contributed by atoms with van der Waals surface area (Å²) < 4.78 is 0. The molecular weight excluding hydrogens is 243 g/mol. The molecule has 0 unspecified atom stereocenters. The van der Waals surface area contributed by atoms with Gasteiger partial charge >= 0.3 is 0 Å². The van der Waals surface area contributed by atoms with Crippen molar-refractivity contribution in [3.8, 4) is 0 Å². The van der Waals surface area contributed by atoms with Crippen LogP contribution in [0.2, 0.25) is 10.0 Å². The molecule has 16 heavy (non-hydrogen) atoms. The standard InChI is InChI=1S/C13H16Cl2O/c1-13(2,3)5-4-12(16)9-6-10(14)8-11(15)7-9/h6-8H,4-5H2,1-3H3. The Labute approximate surface area is 107 Å². The summed E-state index contributed by atoms with van der Waals surface area (Å²) in [5, 5.41) is 1.01. The van der Waals surface area contributed by atoms with Crippen LogP contribution in [0.15, 0.2) is 18.2 Å². The van der Waals surface area contributed by atoms with Crippen LogP contribution in [-0.2, 0) is 0 Å². The van der Waals surface area contributed by atoms with E-state index in [-0.39, 0.29) is 11.2 Å². The van der Waals surface area contributed by atoms with Crippen LogP contribution in [0.25, 0.3) is 0 Å². The van der Waals surface area contributed by atoms with Gasteiger partial charge in [-0.05, 0) is 30.0 Å². The molecular formula is C13H16Cl2O. The third-order valence-electron chi connectivity index (χ3n) is 2.29. The fraction of sp³-hybridized carbons (Fsp3) is 0.462. The van der Waals surface area contributed by atoms with Crippen LogP contribution >= 0.6 is 23.2 Å². The maximum atomic E-state index is 11.9. The van der Waals surface area contributed by atoms with Crippen molar-refractivity contribution in [2.45, 2.75) is 33.6 Å². The lowest BCUT2D eigenvalue weighted by Crippen LogP contribution is -2.09. The molecule has 0 heterocycles. The smallest absolute Gasteiger partial charge is 0.162 e. The summed E-state index contributed by atoms with van der Waals surface area (Å²) in [6, 6.07) is 4.96. The van der Waals surface area contributed by atoms with Crippen molar-refractivity contribution in [3.63, 3.8) is 0 Å². The quantitative estimate of drug-likeness (QED) is 0.698. The van der Waals surface area contributed by atoms with Gasteiger partial charge in [0.2, 0.25) is 0 Å². The maximum absolute atomic E-state index is 11.9. The highest BCUT2D eigenvalue weighted by Crippen LogP contribution is 2.24. The SMILES string of the molecule is CC(C)(C)CCC(=O)c1cc(Cl)cc(Cl)c1. The Morgan fingerprint density at radius 2 is 1.62 bits per heavy atom. The van der Waals surface area contributed by atoms with Crippen LogP contribution in [0, 0.1) is 5.41 Å². The zero-order chi connectivity index (χ0) is 12.3. The molecule has 0 atom stereocenters. The van der Waals surface area contributed by atoms with Crippen LogP contribution < -0.4 is 0 Å². The van der Waals surface area contributed by atoms with Crippen molar-refractivity contribution in [3.05, 3.63) is 33.8 Å². The minimum Gasteiger partial charge on any atom is -0.294 e. The minimum absolute atomic E-state index is 0.0966. The number of carbonyl (C=O) groups is 1. The minimum atomic E-state index is 0.0966. The predicted molar refractivity (Wildman–Crippen MR) is 69.5 cm³/mol. The third kappa shape index (κ3) is 4.54. The fourth-order valence-corrected chi connectivity index (χ4v) is 1.87. The molecule has 0 aliphatic carbocycles. The number of rotatable bonds is 3. The summed E-state index contributed by atoms with van der Waals surface area (Å²) in [6.07, 6.45) is 1.39. The van der Waals surface area contributed by atoms with Crippen LogP contribution in [0.4, 0.5) is 0 Å². The van der Waals surface area contributed by atoms with Crippen LogP contribution in [0.1, 0.15) is 44.0 Å². The first-order valence-electron chi connectivity index (χ1n) is 5.27. The van der Waals surface area contributed by atoms with Crippen molar-refractivity contribution in [1.82, 2.24) is 0 Å². The Hall–Kier alpha value is -0.530. The normalized spacial score (nSPS) is 11.6. The molecule has 0 saturated heterocycles. The van der Waals surface area contributed by atoms with Gasteiger partial charge in [0.05, 0.1) is 0 Å². The molecule has 1 aromatic carbocycles. The molecule has 1 rings (SSSR count). The second-order valence-electron chi connectivity index (χ2n) is 5.14. The molecule has 0 bridgehead atoms. The van der Waals surface area contributed by atoms with Gasteiger partial charge in [0.25, 0.3) is 0 Å². The molecule has 1 aromatic rings. The molecule has 88 valence electrons. The van der Waals surface area contributed by atoms with E-state index in [0.717, 1.165) is 6.42 Å². The number of carbonyl (C=O) groups excluding carboxylic acids is 1. The largest absolute Gasteiger partial charge is 0.294 e. The molecule has 0 aromatic heterocycles. The van der Waals surface area contributed by atoms with Gasteiger partial charge in [0.15, 0.2) is 5.78 Å². The van der Waals surface area contributed by atoms with E-state index in [1.165, 1.54) is 0 Å². The summed E-state index contributed by atoms with van der Waals surface area (Å²) >= 11 is 11.7. The van der Waals surface area contributed by atoms with Gasteiger partial charge in [-0.15, -0.1) is 0 Å². The molecule has 3 heteroatoms. The molecule has 0 fully saturated rings. The van der Waals surface area contributed by atoms with E-state index in [4.69, 9.17) is 23.2 Å². The van der Waals surface area contributed by atoms with Gasteiger partial charge in [0.1, 0.15) is 0 Å². The second kappa shape index (κ2) is 5.20. The first-order chi connectivity index (χ1) is 7.28. The fourth-order valence-electron chi connectivity index (χ4n) is 1.35. The van der Waals surface area contributed by atoms with Crippen LogP contribution in [0.5, 0.6) is 0 Å². The Morgan fingerprint density at radius 1 is 1.12 bits per heavy atom. The van der Waals surface area contributed by atoms with Crippen LogP contribution in [-0.4, -0.2) is 5.78 Å². The molecule has 0 N–H and O–H groups in total. The van der Waals surface area contributed by atoms with Crippen molar-refractivity contribution in [1.29, 1.82) is 0 Å². The Kier molecular flexibility index (Phi) is 4.40. The van der Waals surface area contributed by atoms with E-state index in [0.29, 0.717) is 22.0 Å². The maximum Gasteiger partial charge on any atom is 0.162 e. The van der Waals surface area contributed by atoms with Crippen molar-refractivity contribution >= 4 is 29.0 Å². The predicted octanol–water partition coefficient (Wildman–Crippen LogP) is 5.00. The highest BCUT2D eigenvalue weighted by atomic mass is 35.5. The van der Waals surface area contributed by atoms with E-state index < -0.39 is 0 Å². The second-order valence-corrected chi connectivity index (χ2v) is 6.01. The van der Waals surface area contributed by atoms with Gasteiger partial charge < -0.3 is 0 Å². The topological polar surface area (TPSA) is 17.1 Å². The van der Waals surface area contributed by atoms with E-state index >= 15 is 0 Å². The average Bonchev–Trinajstić information content (AvgIpc) is 2.11. The molecule has 0 amide bonds. The monoisotopic (exact) mass is 258 g/mol. The summed E-state index contributed by atoms with van der Waals surface area (Å²) in [6.45, 7) is 6.35. The lowest BCUT2D eigenvalue weighted by Gasteiger charge is -2.17. The van der Waals surface area contributed by atoms with Gasteiger partial charge in [-0.25, -0.2) is 0 Å². The van der Waals surface area contributed by atoms with Crippen LogP contribution in [0.3, 0.4) is 0 Å². The van der Waals surface area contributed by atoms with Gasteiger partial charge in [-0.1, -0.05) is 44.0 Å². The highest BCUT2D eigenvalue weighted by molar-refractivity contribution is 6.35. The molecule has 1 nitrogen and oxygen atoms in total. The number of benzene rings is 1. The molecule has 0 aliphatic rings. The van der Waals surface area contributed by atoms with Gasteiger partial charge in [-0.2, -0.15) is 0 Å². The zero-order valence-electron chi connectivity index (χ0n) is 9.81. The lowest BCUT2D eigenvalue weighted by molar-refractivity contribution is 0.0966. The summed E-state index contributed by atoms with van der Waals surface area (Å²) in [7, 11) is 0. The van der Waals surface area contributed by atoms with E-state index in [9.17, 15) is 4.79 Å². The first kappa shape index (κ1) is 13.5. The number of hydrogen-bond acceptors (Lipinski definition) is 1. The number of hydrogen-bond donors (Lipinski definition) is 0. The Morgan fingerprint density at radius 3 is 2.06 bits per heavy atom. The summed E-state index contributed by atoms with van der Waals surface area (Å²) in [4.78, 5) is 11.9. The van der Waals surface area contributed by atoms with E-state index in [1.807, 2.05) is 0 Å². The van der Waals surface area contributed by atoms with E-state index in [1.54, 1.807) is 18.2 Å². The van der Waals surface area contributed by atoms with Gasteiger partial charge in [0, 0.05) is 22.0 Å². The molecule has 0 aliphatic heterocycles. The zero-order valence-corrected chi connectivity index (χ0v) is 11.3. The summed E-state index contributed by atoms with van der Waals surface area (Å²) in [5.41, 5.74) is 0.764. The van der Waals surface area contributed by atoms with E-state index in [2.05, 4.69) is 20.8 Å². The number of ketones is 1. The molecule has 0 spiro atoms. The number of halogens is 2. The molecule has 0 saturated carbocycles. The number of Topliss-reactive ketones (excluding diaryl/α,β-unsaturated/α-hetero) is 1. The Bertz CT molecular complexity index is 371. The Balaban J connectivity index is 2.73. The highest BCUT2D eigenvalue weighted by Gasteiger charge is 2.14. The lowest BCUT2D eigenvalue weighted by atomic mass is 9.88. The molecule has 0 radical (unpaired) electrons. The average molecular weight is 259 g/mol. The van der Waals surface area contributed by atoms with Crippen molar-refractivity contribution in [2.75, 3.05) is 0 Å². The van der Waals surface area contributed by atoms with Crippen molar-refractivity contribution in [2.24, 2.45) is 5.41 Å².